The summed E-state index contributed by atoms with van der Waals surface area (Å²) in [5, 5.41) is 0. The van der Waals surface area contributed by atoms with Gasteiger partial charge in [-0.1, -0.05) is 18.2 Å². The van der Waals surface area contributed by atoms with E-state index in [9.17, 15) is 14.4 Å². The molecule has 2 fully saturated rings. The molecule has 2 aliphatic rings. The van der Waals surface area contributed by atoms with Crippen LogP contribution in [0.4, 0.5) is 4.79 Å². The van der Waals surface area contributed by atoms with Crippen LogP contribution >= 0.6 is 0 Å². The summed E-state index contributed by atoms with van der Waals surface area (Å²) in [6, 6.07) is 7.85. The van der Waals surface area contributed by atoms with Crippen LogP contribution in [-0.2, 0) is 9.53 Å². The maximum atomic E-state index is 12.5. The maximum Gasteiger partial charge on any atom is 0.411 e. The Balaban J connectivity index is 1.74. The number of hydrogen-bond acceptors (Lipinski definition) is 4. The molecule has 2 aliphatic heterocycles. The van der Waals surface area contributed by atoms with Gasteiger partial charge in [0.25, 0.3) is 11.8 Å². The Morgan fingerprint density at radius 3 is 2.39 bits per heavy atom. The first-order valence-electron chi connectivity index (χ1n) is 7.70. The Labute approximate surface area is 135 Å². The van der Waals surface area contributed by atoms with E-state index in [2.05, 4.69) is 0 Å². The van der Waals surface area contributed by atoms with Crippen LogP contribution in [0.25, 0.3) is 0 Å². The first-order valence-corrected chi connectivity index (χ1v) is 7.70. The van der Waals surface area contributed by atoms with Crippen molar-refractivity contribution < 1.29 is 19.1 Å². The number of rotatable bonds is 1. The molecule has 0 aromatic heterocycles. The summed E-state index contributed by atoms with van der Waals surface area (Å²) < 4.78 is 5.33. The third-order valence-electron chi connectivity index (χ3n) is 4.03. The zero-order valence-corrected chi connectivity index (χ0v) is 13.5. The van der Waals surface area contributed by atoms with Crippen LogP contribution in [0.1, 0.15) is 37.6 Å². The first-order chi connectivity index (χ1) is 10.8. The molecule has 0 spiro atoms. The number of likely N-dealkylation sites (tertiary alicyclic amines) is 2. The smallest absolute Gasteiger partial charge is 0.411 e. The second-order valence-corrected chi connectivity index (χ2v) is 6.92. The molecule has 23 heavy (non-hydrogen) atoms. The number of carbonyl (C=O) groups excluding carboxylic acids is 3. The topological polar surface area (TPSA) is 66.9 Å². The van der Waals surface area contributed by atoms with Crippen LogP contribution in [0, 0.1) is 0 Å². The normalized spacial score (nSPS) is 23.3. The molecule has 0 aliphatic carbocycles. The molecule has 2 heterocycles. The number of nitrogens with zero attached hydrogens (tertiary/aromatic N) is 2. The van der Waals surface area contributed by atoms with E-state index in [1.165, 1.54) is 9.80 Å². The van der Waals surface area contributed by atoms with Crippen LogP contribution in [0.2, 0.25) is 0 Å². The van der Waals surface area contributed by atoms with Crippen molar-refractivity contribution >= 4 is 17.9 Å². The van der Waals surface area contributed by atoms with Crippen molar-refractivity contribution in [3.63, 3.8) is 0 Å². The van der Waals surface area contributed by atoms with Crippen molar-refractivity contribution in [3.8, 4) is 0 Å². The Bertz CT molecular complexity index is 650. The summed E-state index contributed by atoms with van der Waals surface area (Å²) in [4.78, 5) is 40.0. The second kappa shape index (κ2) is 5.37. The van der Waals surface area contributed by atoms with E-state index >= 15 is 0 Å². The third-order valence-corrected chi connectivity index (χ3v) is 4.03. The lowest BCUT2D eigenvalue weighted by Gasteiger charge is -2.33. The van der Waals surface area contributed by atoms with E-state index in [-0.39, 0.29) is 17.9 Å². The number of ether oxygens (including phenoxy) is 1. The lowest BCUT2D eigenvalue weighted by atomic mass is 10.1. The molecular formula is C17H20N2O4. The fraction of sp³-hybridized carbons (Fsp3) is 0.471. The lowest BCUT2D eigenvalue weighted by molar-refractivity contribution is -0.133. The summed E-state index contributed by atoms with van der Waals surface area (Å²) in [5.41, 5.74) is -0.126. The standard InChI is InChI=1S/C17H20N2O4/c1-17(2,3)23-16(22)18-10-12-9-13(18)15(21)19(12)14(20)11-7-5-4-6-8-11/h4-8,12-13H,9-10H2,1-3H3/t12-,13-/m1/s1. The molecule has 0 unspecified atom stereocenters. The predicted octanol–water partition coefficient (Wildman–Crippen LogP) is 2.05. The SMILES string of the molecule is CC(C)(C)OC(=O)N1C[C@H]2C[C@@H]1C(=O)N2C(=O)c1ccccc1. The van der Waals surface area contributed by atoms with Gasteiger partial charge in [-0.3, -0.25) is 19.4 Å². The van der Waals surface area contributed by atoms with Crippen LogP contribution in [0.3, 0.4) is 0 Å². The van der Waals surface area contributed by atoms with Crippen molar-refractivity contribution in [2.24, 2.45) is 0 Å². The predicted molar refractivity (Wildman–Crippen MR) is 82.8 cm³/mol. The summed E-state index contributed by atoms with van der Waals surface area (Å²) in [6.45, 7) is 5.69. The highest BCUT2D eigenvalue weighted by Gasteiger charge is 2.54. The number of hydrogen-bond donors (Lipinski definition) is 0. The highest BCUT2D eigenvalue weighted by molar-refractivity contribution is 6.08. The van der Waals surface area contributed by atoms with E-state index < -0.39 is 17.7 Å². The molecule has 6 nitrogen and oxygen atoms in total. The monoisotopic (exact) mass is 316 g/mol. The number of imide groups is 1. The fourth-order valence-electron chi connectivity index (χ4n) is 3.08. The molecule has 2 saturated heterocycles. The minimum Gasteiger partial charge on any atom is -0.444 e. The molecule has 0 radical (unpaired) electrons. The van der Waals surface area contributed by atoms with Gasteiger partial charge < -0.3 is 4.74 Å². The van der Waals surface area contributed by atoms with E-state index in [0.29, 0.717) is 18.5 Å². The summed E-state index contributed by atoms with van der Waals surface area (Å²) >= 11 is 0. The van der Waals surface area contributed by atoms with Crippen LogP contribution < -0.4 is 0 Å². The average molecular weight is 316 g/mol. The molecule has 0 N–H and O–H groups in total. The number of benzene rings is 1. The second-order valence-electron chi connectivity index (χ2n) is 6.92. The van der Waals surface area contributed by atoms with E-state index in [1.807, 2.05) is 6.07 Å². The molecule has 2 atom stereocenters. The van der Waals surface area contributed by atoms with Gasteiger partial charge in [0.2, 0.25) is 0 Å². The molecule has 122 valence electrons. The highest BCUT2D eigenvalue weighted by Crippen LogP contribution is 2.34. The Morgan fingerprint density at radius 1 is 1.17 bits per heavy atom. The van der Waals surface area contributed by atoms with Crippen LogP contribution in [-0.4, -0.2) is 51.9 Å². The van der Waals surface area contributed by atoms with Crippen LogP contribution in [0.15, 0.2) is 30.3 Å². The van der Waals surface area contributed by atoms with Gasteiger partial charge in [0, 0.05) is 12.1 Å². The minimum absolute atomic E-state index is 0.271. The van der Waals surface area contributed by atoms with Gasteiger partial charge in [-0.2, -0.15) is 0 Å². The number of fused-ring (bicyclic) bond motifs is 2. The van der Waals surface area contributed by atoms with Gasteiger partial charge in [0.1, 0.15) is 11.6 Å². The van der Waals surface area contributed by atoms with Crippen molar-refractivity contribution in [2.75, 3.05) is 6.54 Å². The Kier molecular flexibility index (Phi) is 3.62. The van der Waals surface area contributed by atoms with Gasteiger partial charge in [-0.25, -0.2) is 4.79 Å². The highest BCUT2D eigenvalue weighted by atomic mass is 16.6. The van der Waals surface area contributed by atoms with E-state index in [4.69, 9.17) is 4.74 Å². The first kappa shape index (κ1) is 15.5. The van der Waals surface area contributed by atoms with Gasteiger partial charge in [-0.05, 0) is 39.3 Å². The molecule has 0 saturated carbocycles. The summed E-state index contributed by atoms with van der Waals surface area (Å²) in [5.74, 6) is -0.618. The molecule has 3 amide bonds. The van der Waals surface area contributed by atoms with Gasteiger partial charge in [0.05, 0.1) is 6.04 Å². The van der Waals surface area contributed by atoms with E-state index in [1.54, 1.807) is 45.0 Å². The van der Waals surface area contributed by atoms with Gasteiger partial charge >= 0.3 is 6.09 Å². The molecule has 2 bridgehead atoms. The van der Waals surface area contributed by atoms with Gasteiger partial charge in [0.15, 0.2) is 0 Å². The number of carbonyl (C=O) groups is 3. The molecular weight excluding hydrogens is 296 g/mol. The van der Waals surface area contributed by atoms with Crippen LogP contribution in [0.5, 0.6) is 0 Å². The van der Waals surface area contributed by atoms with Gasteiger partial charge in [-0.15, -0.1) is 0 Å². The minimum atomic E-state index is -0.610. The molecule has 1 aromatic rings. The van der Waals surface area contributed by atoms with E-state index in [0.717, 1.165) is 0 Å². The lowest BCUT2D eigenvalue weighted by Crippen LogP contribution is -2.54. The number of amides is 3. The number of piperazine rings is 1. The third kappa shape index (κ3) is 2.81. The summed E-state index contributed by atoms with van der Waals surface area (Å²) in [6.07, 6.45) is -0.0124. The van der Waals surface area contributed by atoms with Crippen molar-refractivity contribution in [1.82, 2.24) is 9.80 Å². The van der Waals surface area contributed by atoms with Crippen molar-refractivity contribution in [1.29, 1.82) is 0 Å². The zero-order chi connectivity index (χ0) is 16.8. The largest absolute Gasteiger partial charge is 0.444 e. The quantitative estimate of drug-likeness (QED) is 0.744. The molecule has 3 rings (SSSR count). The Hall–Kier alpha value is -2.37. The summed E-state index contributed by atoms with van der Waals surface area (Å²) in [7, 11) is 0. The van der Waals surface area contributed by atoms with Crippen molar-refractivity contribution in [2.45, 2.75) is 44.9 Å². The average Bonchev–Trinajstić information content (AvgIpc) is 3.03. The fourth-order valence-corrected chi connectivity index (χ4v) is 3.08. The molecule has 1 aromatic carbocycles. The Morgan fingerprint density at radius 2 is 1.83 bits per heavy atom. The zero-order valence-electron chi connectivity index (χ0n) is 13.5. The van der Waals surface area contributed by atoms with Crippen molar-refractivity contribution in [3.05, 3.63) is 35.9 Å². The molecule has 6 heteroatoms. The maximum absolute atomic E-state index is 12.5.